The number of benzene rings is 1. The van der Waals surface area contributed by atoms with E-state index < -0.39 is 11.6 Å². The molecule has 3 nitrogen and oxygen atoms in total. The summed E-state index contributed by atoms with van der Waals surface area (Å²) < 4.78 is 31.3. The van der Waals surface area contributed by atoms with E-state index in [1.165, 1.54) is 6.07 Å². The molecule has 0 fully saturated rings. The average Bonchev–Trinajstić information content (AvgIpc) is 2.29. The standard InChI is InChI=1S/C12H18F2N2O/c1-2-3-5-17-6-4-16-11-8-9(13)7-10(14)12(11)15/h7-8,16H,2-6,15H2,1H3. The number of ether oxygens (including phenoxy) is 1. The molecule has 0 aliphatic rings. The monoisotopic (exact) mass is 244 g/mol. The Kier molecular flexibility index (Phi) is 5.69. The van der Waals surface area contributed by atoms with Crippen molar-refractivity contribution in [1.82, 2.24) is 0 Å². The highest BCUT2D eigenvalue weighted by atomic mass is 19.1. The van der Waals surface area contributed by atoms with Crippen LogP contribution in [0.1, 0.15) is 19.8 Å². The van der Waals surface area contributed by atoms with Gasteiger partial charge in [-0.3, -0.25) is 0 Å². The third-order valence-electron chi connectivity index (χ3n) is 2.30. The van der Waals surface area contributed by atoms with E-state index >= 15 is 0 Å². The highest BCUT2D eigenvalue weighted by molar-refractivity contribution is 5.66. The molecule has 0 atom stereocenters. The molecule has 0 aliphatic carbocycles. The first kappa shape index (κ1) is 13.7. The minimum Gasteiger partial charge on any atom is -0.395 e. The van der Waals surface area contributed by atoms with E-state index in [-0.39, 0.29) is 11.4 Å². The van der Waals surface area contributed by atoms with Crippen molar-refractivity contribution in [3.63, 3.8) is 0 Å². The van der Waals surface area contributed by atoms with E-state index in [0.717, 1.165) is 18.9 Å². The van der Waals surface area contributed by atoms with Crippen molar-refractivity contribution in [1.29, 1.82) is 0 Å². The van der Waals surface area contributed by atoms with Gasteiger partial charge >= 0.3 is 0 Å². The molecule has 96 valence electrons. The molecule has 1 aromatic carbocycles. The van der Waals surface area contributed by atoms with Crippen molar-refractivity contribution in [2.75, 3.05) is 30.8 Å². The van der Waals surface area contributed by atoms with Gasteiger partial charge in [0, 0.05) is 19.2 Å². The number of nitrogens with one attached hydrogen (secondary N) is 1. The zero-order valence-electron chi connectivity index (χ0n) is 9.93. The fourth-order valence-corrected chi connectivity index (χ4v) is 1.34. The quantitative estimate of drug-likeness (QED) is 0.572. The number of hydrogen-bond acceptors (Lipinski definition) is 3. The van der Waals surface area contributed by atoms with Gasteiger partial charge in [-0.05, 0) is 12.5 Å². The van der Waals surface area contributed by atoms with Crippen molar-refractivity contribution >= 4 is 11.4 Å². The largest absolute Gasteiger partial charge is 0.395 e. The lowest BCUT2D eigenvalue weighted by Gasteiger charge is -2.10. The summed E-state index contributed by atoms with van der Waals surface area (Å²) in [6, 6.07) is 1.93. The maximum Gasteiger partial charge on any atom is 0.151 e. The highest BCUT2D eigenvalue weighted by Crippen LogP contribution is 2.22. The Balaban J connectivity index is 2.36. The van der Waals surface area contributed by atoms with Crippen LogP contribution in [-0.4, -0.2) is 19.8 Å². The maximum absolute atomic E-state index is 13.1. The number of halogens is 2. The minimum absolute atomic E-state index is 0.0695. The molecule has 0 aliphatic heterocycles. The van der Waals surface area contributed by atoms with Crippen LogP contribution in [0.2, 0.25) is 0 Å². The number of anilines is 2. The molecular weight excluding hydrogens is 226 g/mol. The first-order chi connectivity index (χ1) is 8.15. The van der Waals surface area contributed by atoms with Crippen LogP contribution in [0.4, 0.5) is 20.2 Å². The number of nitrogens with two attached hydrogens (primary N) is 1. The van der Waals surface area contributed by atoms with Crippen LogP contribution in [0.3, 0.4) is 0 Å². The van der Waals surface area contributed by atoms with Crippen molar-refractivity contribution in [2.24, 2.45) is 0 Å². The van der Waals surface area contributed by atoms with Crippen LogP contribution in [0.15, 0.2) is 12.1 Å². The summed E-state index contributed by atoms with van der Waals surface area (Å²) in [4.78, 5) is 0. The predicted molar refractivity (Wildman–Crippen MR) is 65.0 cm³/mol. The molecule has 5 heteroatoms. The summed E-state index contributed by atoms with van der Waals surface area (Å²) in [7, 11) is 0. The van der Waals surface area contributed by atoms with E-state index in [1.807, 2.05) is 0 Å². The third-order valence-corrected chi connectivity index (χ3v) is 2.30. The van der Waals surface area contributed by atoms with Crippen LogP contribution in [0, 0.1) is 11.6 Å². The Hall–Kier alpha value is -1.36. The topological polar surface area (TPSA) is 47.3 Å². The molecule has 0 amide bonds. The van der Waals surface area contributed by atoms with Gasteiger partial charge in [-0.15, -0.1) is 0 Å². The number of rotatable bonds is 7. The molecule has 17 heavy (non-hydrogen) atoms. The normalized spacial score (nSPS) is 10.5. The Morgan fingerprint density at radius 3 is 2.76 bits per heavy atom. The van der Waals surface area contributed by atoms with Crippen molar-refractivity contribution in [3.8, 4) is 0 Å². The second-order valence-corrected chi connectivity index (χ2v) is 3.74. The van der Waals surface area contributed by atoms with Gasteiger partial charge in [-0.2, -0.15) is 0 Å². The van der Waals surface area contributed by atoms with Gasteiger partial charge < -0.3 is 15.8 Å². The van der Waals surface area contributed by atoms with Gasteiger partial charge in [0.2, 0.25) is 0 Å². The fraction of sp³-hybridized carbons (Fsp3) is 0.500. The Morgan fingerprint density at radius 2 is 2.06 bits per heavy atom. The molecule has 0 saturated heterocycles. The van der Waals surface area contributed by atoms with Gasteiger partial charge in [0.15, 0.2) is 5.82 Å². The second kappa shape index (κ2) is 7.06. The van der Waals surface area contributed by atoms with Gasteiger partial charge in [-0.25, -0.2) is 8.78 Å². The molecule has 0 radical (unpaired) electrons. The van der Waals surface area contributed by atoms with Crippen molar-refractivity contribution in [3.05, 3.63) is 23.8 Å². The van der Waals surface area contributed by atoms with Gasteiger partial charge in [0.05, 0.1) is 18.0 Å². The SMILES string of the molecule is CCCCOCCNc1cc(F)cc(F)c1N. The van der Waals surface area contributed by atoms with Crippen LogP contribution in [-0.2, 0) is 4.74 Å². The zero-order valence-corrected chi connectivity index (χ0v) is 9.93. The maximum atomic E-state index is 13.1. The summed E-state index contributed by atoms with van der Waals surface area (Å²) in [6.07, 6.45) is 2.09. The Morgan fingerprint density at radius 1 is 1.29 bits per heavy atom. The number of nitrogen functional groups attached to an aromatic ring is 1. The second-order valence-electron chi connectivity index (χ2n) is 3.74. The molecule has 1 aromatic rings. The van der Waals surface area contributed by atoms with E-state index in [1.54, 1.807) is 0 Å². The third kappa shape index (κ3) is 4.56. The Bertz CT molecular complexity index is 359. The van der Waals surface area contributed by atoms with Crippen molar-refractivity contribution < 1.29 is 13.5 Å². The molecular formula is C12H18F2N2O. The number of unbranched alkanes of at least 4 members (excludes halogenated alkanes) is 1. The molecule has 0 bridgehead atoms. The van der Waals surface area contributed by atoms with Crippen LogP contribution in [0.25, 0.3) is 0 Å². The lowest BCUT2D eigenvalue weighted by Crippen LogP contribution is -2.12. The van der Waals surface area contributed by atoms with Crippen LogP contribution < -0.4 is 11.1 Å². The van der Waals surface area contributed by atoms with E-state index in [4.69, 9.17) is 10.5 Å². The van der Waals surface area contributed by atoms with Crippen LogP contribution >= 0.6 is 0 Å². The molecule has 3 N–H and O–H groups in total. The number of hydrogen-bond donors (Lipinski definition) is 2. The van der Waals surface area contributed by atoms with E-state index in [9.17, 15) is 8.78 Å². The van der Waals surface area contributed by atoms with Gasteiger partial charge in [0.1, 0.15) is 5.82 Å². The van der Waals surface area contributed by atoms with Gasteiger partial charge in [0.25, 0.3) is 0 Å². The highest BCUT2D eigenvalue weighted by Gasteiger charge is 2.07. The van der Waals surface area contributed by atoms with E-state index in [0.29, 0.717) is 19.8 Å². The fourth-order valence-electron chi connectivity index (χ4n) is 1.34. The minimum atomic E-state index is -0.751. The summed E-state index contributed by atoms with van der Waals surface area (Å²) in [5.74, 6) is -1.40. The van der Waals surface area contributed by atoms with Crippen LogP contribution in [0.5, 0.6) is 0 Å². The molecule has 0 saturated carbocycles. The smallest absolute Gasteiger partial charge is 0.151 e. The Labute approximate surface area is 100.0 Å². The summed E-state index contributed by atoms with van der Waals surface area (Å²) in [5.41, 5.74) is 5.66. The molecule has 0 aromatic heterocycles. The molecule has 0 unspecified atom stereocenters. The van der Waals surface area contributed by atoms with E-state index in [2.05, 4.69) is 12.2 Å². The predicted octanol–water partition coefficient (Wildman–Crippen LogP) is 2.78. The average molecular weight is 244 g/mol. The molecule has 0 heterocycles. The molecule has 1 rings (SSSR count). The first-order valence-corrected chi connectivity index (χ1v) is 5.71. The lowest BCUT2D eigenvalue weighted by molar-refractivity contribution is 0.141. The van der Waals surface area contributed by atoms with Crippen molar-refractivity contribution in [2.45, 2.75) is 19.8 Å². The summed E-state index contributed by atoms with van der Waals surface area (Å²) in [5, 5.41) is 2.84. The van der Waals surface area contributed by atoms with Gasteiger partial charge in [-0.1, -0.05) is 13.3 Å². The molecule has 0 spiro atoms. The lowest BCUT2D eigenvalue weighted by atomic mass is 10.2. The zero-order chi connectivity index (χ0) is 12.7. The summed E-state index contributed by atoms with van der Waals surface area (Å²) in [6.45, 7) is 3.73. The first-order valence-electron chi connectivity index (χ1n) is 5.71. The summed E-state index contributed by atoms with van der Waals surface area (Å²) >= 11 is 0.